The molecule has 1 saturated carbocycles. The molecule has 0 aromatic heterocycles. The normalized spacial score (nSPS) is 19.9. The van der Waals surface area contributed by atoms with Gasteiger partial charge in [-0.2, -0.15) is 0 Å². The van der Waals surface area contributed by atoms with Gasteiger partial charge in [0, 0.05) is 6.54 Å². The van der Waals surface area contributed by atoms with Gasteiger partial charge in [0.25, 0.3) is 0 Å². The Morgan fingerprint density at radius 2 is 1.85 bits per heavy atom. The molecule has 1 atom stereocenters. The van der Waals surface area contributed by atoms with Gasteiger partial charge in [-0.25, -0.2) is 4.79 Å². The van der Waals surface area contributed by atoms with E-state index in [4.69, 9.17) is 5.73 Å². The Bertz CT molecular complexity index is 323. The fraction of sp³-hybridized carbons (Fsp3) is 0.867. The van der Waals surface area contributed by atoms with Crippen LogP contribution in [-0.2, 0) is 9.59 Å². The van der Waals surface area contributed by atoms with Gasteiger partial charge in [-0.15, -0.1) is 0 Å². The predicted molar refractivity (Wildman–Crippen MR) is 78.3 cm³/mol. The summed E-state index contributed by atoms with van der Waals surface area (Å²) in [6.07, 6.45) is 8.01. The first kappa shape index (κ1) is 17.0. The number of amides is 1. The van der Waals surface area contributed by atoms with Crippen LogP contribution >= 0.6 is 0 Å². The van der Waals surface area contributed by atoms with Gasteiger partial charge in [-0.3, -0.25) is 4.79 Å². The lowest BCUT2D eigenvalue weighted by Crippen LogP contribution is -2.51. The molecule has 1 unspecified atom stereocenters. The Morgan fingerprint density at radius 3 is 2.30 bits per heavy atom. The van der Waals surface area contributed by atoms with Gasteiger partial charge >= 0.3 is 5.97 Å². The van der Waals surface area contributed by atoms with Gasteiger partial charge in [0.1, 0.15) is 6.04 Å². The Labute approximate surface area is 121 Å². The number of rotatable bonds is 7. The predicted octanol–water partition coefficient (Wildman–Crippen LogP) is 2.05. The summed E-state index contributed by atoms with van der Waals surface area (Å²) in [6, 6.07) is -0.783. The van der Waals surface area contributed by atoms with Crippen molar-refractivity contribution >= 4 is 11.9 Å². The maximum Gasteiger partial charge on any atom is 0.326 e. The topological polar surface area (TPSA) is 92.4 Å². The summed E-state index contributed by atoms with van der Waals surface area (Å²) in [5.74, 6) is -1.11. The van der Waals surface area contributed by atoms with Crippen LogP contribution in [0.5, 0.6) is 0 Å². The molecule has 0 aliphatic heterocycles. The zero-order valence-corrected chi connectivity index (χ0v) is 12.5. The van der Waals surface area contributed by atoms with Gasteiger partial charge in [-0.1, -0.05) is 45.4 Å². The Balaban J connectivity index is 2.71. The molecule has 1 aliphatic carbocycles. The van der Waals surface area contributed by atoms with Crippen LogP contribution in [0.3, 0.4) is 0 Å². The second-order valence-electron chi connectivity index (χ2n) is 5.91. The van der Waals surface area contributed by atoms with Gasteiger partial charge in [0.05, 0.1) is 5.41 Å². The summed E-state index contributed by atoms with van der Waals surface area (Å²) in [4.78, 5) is 23.8. The molecule has 0 saturated heterocycles. The van der Waals surface area contributed by atoms with Crippen LogP contribution in [0.1, 0.15) is 64.7 Å². The highest BCUT2D eigenvalue weighted by molar-refractivity contribution is 5.87. The number of aliphatic carboxylic acids is 1. The zero-order chi connectivity index (χ0) is 15.0. The van der Waals surface area contributed by atoms with Crippen LogP contribution in [-0.4, -0.2) is 29.6 Å². The number of hydrogen-bond acceptors (Lipinski definition) is 3. The molecule has 20 heavy (non-hydrogen) atoms. The number of nitrogens with two attached hydrogens (primary N) is 1. The average molecular weight is 284 g/mol. The molecule has 1 rings (SSSR count). The standard InChI is InChI=1S/C15H28N2O3/c1-2-3-8-12(13(18)19)17-14(20)15(11-16)9-6-4-5-7-10-15/h12H,2-11,16H2,1H3,(H,17,20)(H,18,19). The van der Waals surface area contributed by atoms with Gasteiger partial charge in [-0.05, 0) is 19.3 Å². The average Bonchev–Trinajstić information content (AvgIpc) is 2.69. The molecule has 0 aromatic rings. The minimum Gasteiger partial charge on any atom is -0.480 e. The number of carboxylic acids is 1. The van der Waals surface area contributed by atoms with Gasteiger partial charge in [0.15, 0.2) is 0 Å². The number of nitrogens with one attached hydrogen (secondary N) is 1. The van der Waals surface area contributed by atoms with Crippen molar-refractivity contribution in [2.75, 3.05) is 6.54 Å². The van der Waals surface area contributed by atoms with Crippen LogP contribution in [0.2, 0.25) is 0 Å². The minimum absolute atomic E-state index is 0.162. The minimum atomic E-state index is -0.951. The smallest absolute Gasteiger partial charge is 0.326 e. The van der Waals surface area contributed by atoms with E-state index in [1.165, 1.54) is 0 Å². The SMILES string of the molecule is CCCCC(NC(=O)C1(CN)CCCCCC1)C(=O)O. The highest BCUT2D eigenvalue weighted by Gasteiger charge is 2.38. The lowest BCUT2D eigenvalue weighted by molar-refractivity contribution is -0.144. The van der Waals surface area contributed by atoms with E-state index >= 15 is 0 Å². The molecule has 0 bridgehead atoms. The lowest BCUT2D eigenvalue weighted by Gasteiger charge is -2.31. The lowest BCUT2D eigenvalue weighted by atomic mass is 9.79. The summed E-state index contributed by atoms with van der Waals surface area (Å²) in [6.45, 7) is 2.31. The van der Waals surface area contributed by atoms with Crippen LogP contribution in [0.15, 0.2) is 0 Å². The number of hydrogen-bond donors (Lipinski definition) is 3. The third-order valence-electron chi connectivity index (χ3n) is 4.38. The second kappa shape index (κ2) is 8.25. The van der Waals surface area contributed by atoms with Crippen molar-refractivity contribution in [2.45, 2.75) is 70.8 Å². The van der Waals surface area contributed by atoms with E-state index in [0.29, 0.717) is 13.0 Å². The molecule has 1 fully saturated rings. The molecule has 116 valence electrons. The van der Waals surface area contributed by atoms with Crippen LogP contribution in [0, 0.1) is 5.41 Å². The van der Waals surface area contributed by atoms with Crippen molar-refractivity contribution in [3.8, 4) is 0 Å². The first-order valence-corrected chi connectivity index (χ1v) is 7.79. The first-order chi connectivity index (χ1) is 9.55. The Hall–Kier alpha value is -1.10. The Morgan fingerprint density at radius 1 is 1.25 bits per heavy atom. The van der Waals surface area contributed by atoms with Crippen LogP contribution < -0.4 is 11.1 Å². The maximum atomic E-state index is 12.5. The highest BCUT2D eigenvalue weighted by Crippen LogP contribution is 2.34. The van der Waals surface area contributed by atoms with Crippen molar-refractivity contribution in [1.29, 1.82) is 0 Å². The van der Waals surface area contributed by atoms with E-state index in [0.717, 1.165) is 51.4 Å². The van der Waals surface area contributed by atoms with E-state index in [1.807, 2.05) is 6.92 Å². The molecule has 0 spiro atoms. The molecule has 0 aromatic carbocycles. The number of unbranched alkanes of at least 4 members (excludes halogenated alkanes) is 1. The maximum absolute atomic E-state index is 12.5. The number of carboxylic acid groups (broad SMARTS) is 1. The molecule has 4 N–H and O–H groups in total. The largest absolute Gasteiger partial charge is 0.480 e. The highest BCUT2D eigenvalue weighted by atomic mass is 16.4. The fourth-order valence-electron chi connectivity index (χ4n) is 2.91. The van der Waals surface area contributed by atoms with Crippen LogP contribution in [0.4, 0.5) is 0 Å². The fourth-order valence-corrected chi connectivity index (χ4v) is 2.91. The van der Waals surface area contributed by atoms with E-state index < -0.39 is 17.4 Å². The van der Waals surface area contributed by atoms with E-state index in [2.05, 4.69) is 5.32 Å². The molecular formula is C15H28N2O3. The summed E-state index contributed by atoms with van der Waals surface area (Å²) in [5.41, 5.74) is 5.29. The third kappa shape index (κ3) is 4.47. The molecule has 1 aliphatic rings. The summed E-state index contributed by atoms with van der Waals surface area (Å²) in [7, 11) is 0. The van der Waals surface area contributed by atoms with Crippen molar-refractivity contribution in [2.24, 2.45) is 11.1 Å². The number of carbonyl (C=O) groups is 2. The van der Waals surface area contributed by atoms with Gasteiger partial charge < -0.3 is 16.2 Å². The van der Waals surface area contributed by atoms with Crippen molar-refractivity contribution < 1.29 is 14.7 Å². The molecule has 5 nitrogen and oxygen atoms in total. The first-order valence-electron chi connectivity index (χ1n) is 7.79. The van der Waals surface area contributed by atoms with E-state index in [-0.39, 0.29) is 5.91 Å². The Kier molecular flexibility index (Phi) is 6.99. The van der Waals surface area contributed by atoms with Crippen molar-refractivity contribution in [3.05, 3.63) is 0 Å². The monoisotopic (exact) mass is 284 g/mol. The third-order valence-corrected chi connectivity index (χ3v) is 4.38. The summed E-state index contributed by atoms with van der Waals surface area (Å²) >= 11 is 0. The molecule has 0 radical (unpaired) electrons. The van der Waals surface area contributed by atoms with E-state index in [9.17, 15) is 14.7 Å². The number of carbonyl (C=O) groups excluding carboxylic acids is 1. The molecule has 0 heterocycles. The molecule has 1 amide bonds. The second-order valence-corrected chi connectivity index (χ2v) is 5.91. The van der Waals surface area contributed by atoms with Gasteiger partial charge in [0.2, 0.25) is 5.91 Å². The van der Waals surface area contributed by atoms with E-state index in [1.54, 1.807) is 0 Å². The summed E-state index contributed by atoms with van der Waals surface area (Å²) < 4.78 is 0. The molecule has 5 heteroatoms. The quantitative estimate of drug-likeness (QED) is 0.624. The van der Waals surface area contributed by atoms with Crippen molar-refractivity contribution in [3.63, 3.8) is 0 Å². The summed E-state index contributed by atoms with van der Waals surface area (Å²) in [5, 5.41) is 11.9. The van der Waals surface area contributed by atoms with Crippen LogP contribution in [0.25, 0.3) is 0 Å². The molecular weight excluding hydrogens is 256 g/mol. The zero-order valence-electron chi connectivity index (χ0n) is 12.5. The van der Waals surface area contributed by atoms with Crippen molar-refractivity contribution in [1.82, 2.24) is 5.32 Å².